The lowest BCUT2D eigenvalue weighted by Crippen LogP contribution is -2.31. The molecule has 0 bridgehead atoms. The van der Waals surface area contributed by atoms with E-state index in [1.807, 2.05) is 12.1 Å². The molecule has 0 fully saturated rings. The fourth-order valence-electron chi connectivity index (χ4n) is 5.60. The standard InChI is InChI=1S/C37H28OSi/c1-39(27-26-28-22-24-33(38)25-23-28)36(31-18-10-4-11-19-31)34(29-14-6-2-7-15-29)35(30-16-8-3-9-17-30)37(39)32-20-12-5-13-21-32/h2-25,38H,1H3. The normalized spacial score (nSPS) is 14.2. The molecule has 1 aliphatic heterocycles. The summed E-state index contributed by atoms with van der Waals surface area (Å²) in [5, 5.41) is 12.5. The Morgan fingerprint density at radius 2 is 0.821 bits per heavy atom. The van der Waals surface area contributed by atoms with Crippen LogP contribution in [0.5, 0.6) is 5.75 Å². The number of hydrogen-bond donors (Lipinski definition) is 1. The molecule has 0 amide bonds. The molecule has 0 atom stereocenters. The quantitative estimate of drug-likeness (QED) is 0.187. The molecule has 1 N–H and O–H groups in total. The fraction of sp³-hybridized carbons (Fsp3) is 0.0270. The van der Waals surface area contributed by atoms with Gasteiger partial charge in [0.25, 0.3) is 0 Å². The van der Waals surface area contributed by atoms with E-state index >= 15 is 0 Å². The van der Waals surface area contributed by atoms with Crippen molar-refractivity contribution in [1.29, 1.82) is 0 Å². The van der Waals surface area contributed by atoms with E-state index < -0.39 is 8.07 Å². The summed E-state index contributed by atoms with van der Waals surface area (Å²) >= 11 is 0. The highest BCUT2D eigenvalue weighted by Crippen LogP contribution is 2.55. The zero-order chi connectivity index (χ0) is 26.7. The van der Waals surface area contributed by atoms with Crippen molar-refractivity contribution < 1.29 is 5.11 Å². The van der Waals surface area contributed by atoms with Gasteiger partial charge in [-0.05, 0) is 68.1 Å². The van der Waals surface area contributed by atoms with Crippen LogP contribution in [0.15, 0.2) is 146 Å². The molecule has 1 aliphatic rings. The molecule has 2 heteroatoms. The van der Waals surface area contributed by atoms with E-state index in [0.29, 0.717) is 0 Å². The summed E-state index contributed by atoms with van der Waals surface area (Å²) in [6.45, 7) is 2.39. The van der Waals surface area contributed by atoms with Crippen LogP contribution < -0.4 is 0 Å². The first-order valence-electron chi connectivity index (χ1n) is 13.2. The van der Waals surface area contributed by atoms with Gasteiger partial charge in [0.1, 0.15) is 5.75 Å². The van der Waals surface area contributed by atoms with Crippen LogP contribution in [0, 0.1) is 11.5 Å². The summed E-state index contributed by atoms with van der Waals surface area (Å²) in [6.07, 6.45) is 0. The maximum absolute atomic E-state index is 9.84. The van der Waals surface area contributed by atoms with Gasteiger partial charge in [-0.1, -0.05) is 134 Å². The summed E-state index contributed by atoms with van der Waals surface area (Å²) in [5.41, 5.74) is 12.1. The zero-order valence-corrected chi connectivity index (χ0v) is 22.8. The van der Waals surface area contributed by atoms with Crippen LogP contribution in [-0.4, -0.2) is 13.2 Å². The third-order valence-corrected chi connectivity index (χ3v) is 11.0. The summed E-state index contributed by atoms with van der Waals surface area (Å²) in [4.78, 5) is 0. The highest BCUT2D eigenvalue weighted by atomic mass is 28.3. The van der Waals surface area contributed by atoms with Gasteiger partial charge in [0, 0.05) is 5.56 Å². The average Bonchev–Trinajstić information content (AvgIpc) is 3.28. The second-order valence-corrected chi connectivity index (χ2v) is 13.4. The molecule has 0 aromatic heterocycles. The number of aromatic hydroxyl groups is 1. The number of hydrogen-bond acceptors (Lipinski definition) is 1. The van der Waals surface area contributed by atoms with Gasteiger partial charge in [-0.3, -0.25) is 0 Å². The van der Waals surface area contributed by atoms with Crippen molar-refractivity contribution in [2.75, 3.05) is 0 Å². The molecule has 5 aromatic carbocycles. The van der Waals surface area contributed by atoms with E-state index in [0.717, 1.165) is 5.56 Å². The van der Waals surface area contributed by atoms with E-state index in [2.05, 4.69) is 139 Å². The lowest BCUT2D eigenvalue weighted by molar-refractivity contribution is 0.475. The maximum Gasteiger partial charge on any atom is 0.199 e. The minimum atomic E-state index is -2.68. The van der Waals surface area contributed by atoms with Crippen molar-refractivity contribution in [3.8, 4) is 17.2 Å². The Kier molecular flexibility index (Phi) is 6.59. The van der Waals surface area contributed by atoms with Crippen LogP contribution >= 0.6 is 0 Å². The Morgan fingerprint density at radius 3 is 1.21 bits per heavy atom. The summed E-state index contributed by atoms with van der Waals surface area (Å²) in [6, 6.07) is 50.2. The molecule has 186 valence electrons. The minimum absolute atomic E-state index is 0.248. The van der Waals surface area contributed by atoms with E-state index in [1.165, 1.54) is 43.8 Å². The largest absolute Gasteiger partial charge is 0.508 e. The maximum atomic E-state index is 9.84. The monoisotopic (exact) mass is 516 g/mol. The molecular weight excluding hydrogens is 488 g/mol. The molecule has 0 aliphatic carbocycles. The number of phenols is 1. The van der Waals surface area contributed by atoms with Crippen LogP contribution in [0.1, 0.15) is 27.8 Å². The van der Waals surface area contributed by atoms with Crippen molar-refractivity contribution in [3.63, 3.8) is 0 Å². The second-order valence-electron chi connectivity index (χ2n) is 9.89. The first-order valence-corrected chi connectivity index (χ1v) is 15.7. The summed E-state index contributed by atoms with van der Waals surface area (Å²) in [5.74, 6) is 3.78. The SMILES string of the molecule is C[Si]1(C#Cc2ccc(O)cc2)C(c2ccccc2)=C(c2ccccc2)C(c2ccccc2)=C1c1ccccc1. The van der Waals surface area contributed by atoms with Gasteiger partial charge < -0.3 is 5.11 Å². The molecular formula is C37H28OSi. The minimum Gasteiger partial charge on any atom is -0.508 e. The van der Waals surface area contributed by atoms with Crippen LogP contribution in [0.2, 0.25) is 6.55 Å². The number of allylic oxidation sites excluding steroid dienone is 2. The predicted octanol–water partition coefficient (Wildman–Crippen LogP) is 8.68. The van der Waals surface area contributed by atoms with E-state index in [1.54, 1.807) is 12.1 Å². The van der Waals surface area contributed by atoms with Crippen molar-refractivity contribution in [2.45, 2.75) is 6.55 Å². The third kappa shape index (κ3) is 4.65. The summed E-state index contributed by atoms with van der Waals surface area (Å²) < 4.78 is 0. The molecule has 5 aromatic rings. The van der Waals surface area contributed by atoms with Crippen LogP contribution in [0.25, 0.3) is 21.5 Å². The van der Waals surface area contributed by atoms with E-state index in [9.17, 15) is 5.11 Å². The Hall–Kier alpha value is -4.84. The third-order valence-electron chi connectivity index (χ3n) is 7.32. The van der Waals surface area contributed by atoms with E-state index in [-0.39, 0.29) is 5.75 Å². The first-order chi connectivity index (χ1) is 19.1. The average molecular weight is 517 g/mol. The lowest BCUT2D eigenvalue weighted by atomic mass is 9.89. The van der Waals surface area contributed by atoms with Crippen LogP contribution in [0.3, 0.4) is 0 Å². The Labute approximate surface area is 231 Å². The van der Waals surface area contributed by atoms with Gasteiger partial charge in [0.2, 0.25) is 0 Å². The molecule has 0 saturated heterocycles. The highest BCUT2D eigenvalue weighted by Gasteiger charge is 2.46. The van der Waals surface area contributed by atoms with Crippen LogP contribution in [0.4, 0.5) is 0 Å². The molecule has 1 nitrogen and oxygen atoms in total. The molecule has 0 radical (unpaired) electrons. The number of benzene rings is 5. The first kappa shape index (κ1) is 24.5. The van der Waals surface area contributed by atoms with Gasteiger partial charge in [-0.2, -0.15) is 0 Å². The van der Waals surface area contributed by atoms with Crippen molar-refractivity contribution in [1.82, 2.24) is 0 Å². The molecule has 6 rings (SSSR count). The smallest absolute Gasteiger partial charge is 0.199 e. The highest BCUT2D eigenvalue weighted by molar-refractivity contribution is 7.18. The van der Waals surface area contributed by atoms with E-state index in [4.69, 9.17) is 0 Å². The zero-order valence-electron chi connectivity index (χ0n) is 21.8. The molecule has 1 heterocycles. The van der Waals surface area contributed by atoms with Crippen molar-refractivity contribution >= 4 is 29.6 Å². The second kappa shape index (κ2) is 10.5. The van der Waals surface area contributed by atoms with Crippen molar-refractivity contribution in [2.24, 2.45) is 0 Å². The van der Waals surface area contributed by atoms with Gasteiger partial charge in [-0.15, -0.1) is 5.54 Å². The van der Waals surface area contributed by atoms with Gasteiger partial charge in [0.15, 0.2) is 8.07 Å². The van der Waals surface area contributed by atoms with Crippen molar-refractivity contribution in [3.05, 3.63) is 173 Å². The Morgan fingerprint density at radius 1 is 0.462 bits per heavy atom. The van der Waals surface area contributed by atoms with Gasteiger partial charge in [0.05, 0.1) is 0 Å². The number of rotatable bonds is 4. The Balaban J connectivity index is 1.75. The molecule has 39 heavy (non-hydrogen) atoms. The fourth-order valence-corrected chi connectivity index (χ4v) is 9.53. The van der Waals surface area contributed by atoms with Crippen LogP contribution in [-0.2, 0) is 0 Å². The lowest BCUT2D eigenvalue weighted by Gasteiger charge is -2.25. The predicted molar refractivity (Wildman–Crippen MR) is 166 cm³/mol. The molecule has 0 spiro atoms. The topological polar surface area (TPSA) is 20.2 Å². The van der Waals surface area contributed by atoms with Gasteiger partial charge >= 0.3 is 0 Å². The Bertz CT molecular complexity index is 1620. The molecule has 0 saturated carbocycles. The number of phenolic OH excluding ortho intramolecular Hbond substituents is 1. The summed E-state index contributed by atoms with van der Waals surface area (Å²) in [7, 11) is -2.68. The molecule has 0 unspecified atom stereocenters. The van der Waals surface area contributed by atoms with Gasteiger partial charge in [-0.25, -0.2) is 0 Å².